The maximum atomic E-state index is 13.5. The first-order valence-corrected chi connectivity index (χ1v) is 13.4. The van der Waals surface area contributed by atoms with Crippen LogP contribution in [0.1, 0.15) is 51.0 Å². The van der Waals surface area contributed by atoms with Gasteiger partial charge in [0.05, 0.1) is 11.5 Å². The maximum absolute atomic E-state index is 13.5. The summed E-state index contributed by atoms with van der Waals surface area (Å²) in [7, 11) is 0. The molecule has 0 bridgehead atoms. The second-order valence-electron chi connectivity index (χ2n) is 9.60. The predicted octanol–water partition coefficient (Wildman–Crippen LogP) is 7.21. The molecule has 0 aliphatic heterocycles. The summed E-state index contributed by atoms with van der Waals surface area (Å²) in [6, 6.07) is 25.5. The van der Waals surface area contributed by atoms with E-state index in [2.05, 4.69) is 35.6 Å². The number of nitrogens with one attached hydrogen (secondary N) is 1. The number of hydrogen-bond acceptors (Lipinski definition) is 5. The van der Waals surface area contributed by atoms with E-state index in [4.69, 9.17) is 9.15 Å². The molecule has 0 saturated carbocycles. The van der Waals surface area contributed by atoms with Gasteiger partial charge in [-0.2, -0.15) is 0 Å². The molecule has 37 heavy (non-hydrogen) atoms. The average Bonchev–Trinajstić information content (AvgIpc) is 2.92. The lowest BCUT2D eigenvalue weighted by Gasteiger charge is -2.13. The monoisotopic (exact) mass is 499 g/mol. The summed E-state index contributed by atoms with van der Waals surface area (Å²) in [5.74, 6) is 1.09. The van der Waals surface area contributed by atoms with Crippen LogP contribution >= 0.6 is 0 Å². The van der Waals surface area contributed by atoms with Crippen LogP contribution < -0.4 is 15.5 Å². The molecule has 5 heteroatoms. The van der Waals surface area contributed by atoms with Crippen LogP contribution in [-0.2, 0) is 6.42 Å². The SMILES string of the molecule is CC(O)COc1ccc2c(=O)c(NCCCCCCCCc3ccccc3)c(-c3ccccc3)oc2c1. The molecule has 1 heterocycles. The number of benzene rings is 3. The van der Waals surface area contributed by atoms with E-state index in [0.717, 1.165) is 31.4 Å². The zero-order chi connectivity index (χ0) is 25.9. The molecule has 0 fully saturated rings. The molecule has 1 unspecified atom stereocenters. The lowest BCUT2D eigenvalue weighted by molar-refractivity contribution is 0.123. The van der Waals surface area contributed by atoms with Gasteiger partial charge in [-0.3, -0.25) is 4.79 Å². The van der Waals surface area contributed by atoms with Crippen molar-refractivity contribution in [2.75, 3.05) is 18.5 Å². The highest BCUT2D eigenvalue weighted by Gasteiger charge is 2.16. The van der Waals surface area contributed by atoms with Crippen molar-refractivity contribution in [1.29, 1.82) is 0 Å². The van der Waals surface area contributed by atoms with Crippen LogP contribution in [0.3, 0.4) is 0 Å². The molecule has 5 nitrogen and oxygen atoms in total. The molecule has 0 radical (unpaired) electrons. The molecule has 3 aromatic carbocycles. The van der Waals surface area contributed by atoms with Gasteiger partial charge in [0.25, 0.3) is 0 Å². The van der Waals surface area contributed by atoms with Crippen molar-refractivity contribution in [2.24, 2.45) is 0 Å². The van der Waals surface area contributed by atoms with Crippen LogP contribution in [0.15, 0.2) is 88.1 Å². The number of ether oxygens (including phenoxy) is 1. The Kier molecular flexibility index (Phi) is 9.78. The van der Waals surface area contributed by atoms with Crippen LogP contribution in [0.2, 0.25) is 0 Å². The topological polar surface area (TPSA) is 71.7 Å². The minimum atomic E-state index is -0.580. The second-order valence-corrected chi connectivity index (χ2v) is 9.60. The Morgan fingerprint density at radius 1 is 0.865 bits per heavy atom. The zero-order valence-corrected chi connectivity index (χ0v) is 21.6. The molecular formula is C32H37NO4. The Balaban J connectivity index is 1.36. The van der Waals surface area contributed by atoms with E-state index in [9.17, 15) is 9.90 Å². The Bertz CT molecular complexity index is 1300. The van der Waals surface area contributed by atoms with E-state index in [-0.39, 0.29) is 12.0 Å². The number of rotatable bonds is 14. The predicted molar refractivity (Wildman–Crippen MR) is 151 cm³/mol. The summed E-state index contributed by atoms with van der Waals surface area (Å²) in [5, 5.41) is 13.4. The van der Waals surface area contributed by atoms with Gasteiger partial charge in [0, 0.05) is 18.2 Å². The highest BCUT2D eigenvalue weighted by molar-refractivity contribution is 5.86. The van der Waals surface area contributed by atoms with E-state index in [1.165, 1.54) is 31.2 Å². The first kappa shape index (κ1) is 26.5. The highest BCUT2D eigenvalue weighted by Crippen LogP contribution is 2.31. The minimum absolute atomic E-state index is 0.0805. The number of hydrogen-bond donors (Lipinski definition) is 2. The molecule has 194 valence electrons. The van der Waals surface area contributed by atoms with Gasteiger partial charge in [-0.05, 0) is 43.9 Å². The van der Waals surface area contributed by atoms with Gasteiger partial charge in [0.15, 0.2) is 5.76 Å². The van der Waals surface area contributed by atoms with Crippen molar-refractivity contribution < 1.29 is 14.3 Å². The van der Waals surface area contributed by atoms with Gasteiger partial charge < -0.3 is 19.6 Å². The first-order chi connectivity index (χ1) is 18.1. The van der Waals surface area contributed by atoms with E-state index in [0.29, 0.717) is 28.2 Å². The normalized spacial score (nSPS) is 11.9. The Labute approximate surface area is 219 Å². The first-order valence-electron chi connectivity index (χ1n) is 13.4. The molecule has 0 amide bonds. The van der Waals surface area contributed by atoms with Crippen molar-refractivity contribution in [2.45, 2.75) is 58.0 Å². The summed E-state index contributed by atoms with van der Waals surface area (Å²) < 4.78 is 11.9. The molecule has 0 aliphatic carbocycles. The van der Waals surface area contributed by atoms with E-state index >= 15 is 0 Å². The van der Waals surface area contributed by atoms with Gasteiger partial charge >= 0.3 is 0 Å². The van der Waals surface area contributed by atoms with E-state index in [1.54, 1.807) is 25.1 Å². The Hall–Kier alpha value is -3.57. The summed E-state index contributed by atoms with van der Waals surface area (Å²) in [5.41, 5.74) is 3.15. The number of aryl methyl sites for hydroxylation is 1. The molecule has 4 rings (SSSR count). The van der Waals surface area contributed by atoms with E-state index in [1.807, 2.05) is 30.3 Å². The molecule has 0 spiro atoms. The number of unbranched alkanes of at least 4 members (excludes halogenated alkanes) is 5. The summed E-state index contributed by atoms with van der Waals surface area (Å²) >= 11 is 0. The van der Waals surface area contributed by atoms with Crippen LogP contribution in [0.25, 0.3) is 22.3 Å². The number of aliphatic hydroxyl groups is 1. The Morgan fingerprint density at radius 2 is 1.54 bits per heavy atom. The summed E-state index contributed by atoms with van der Waals surface area (Å²) in [6.45, 7) is 2.56. The fourth-order valence-electron chi connectivity index (χ4n) is 4.45. The van der Waals surface area contributed by atoms with Gasteiger partial charge in [-0.15, -0.1) is 0 Å². The average molecular weight is 500 g/mol. The van der Waals surface area contributed by atoms with Crippen LogP contribution in [-0.4, -0.2) is 24.4 Å². The maximum Gasteiger partial charge on any atom is 0.216 e. The standard InChI is InChI=1S/C32H37NO4/c1-24(34)23-36-27-19-20-28-29(22-27)37-32(26-17-11-7-12-18-26)30(31(28)35)33-21-13-5-3-2-4-8-14-25-15-9-6-10-16-25/h6-7,9-12,15-20,22,24,33-34H,2-5,8,13-14,21,23H2,1H3. The summed E-state index contributed by atoms with van der Waals surface area (Å²) in [4.78, 5) is 13.5. The molecule has 4 aromatic rings. The molecule has 0 saturated heterocycles. The quantitative estimate of drug-likeness (QED) is 0.179. The highest BCUT2D eigenvalue weighted by atomic mass is 16.5. The molecular weight excluding hydrogens is 462 g/mol. The molecule has 1 aromatic heterocycles. The lowest BCUT2D eigenvalue weighted by atomic mass is 10.0. The molecule has 0 aliphatic rings. The second kappa shape index (κ2) is 13.7. The third-order valence-corrected chi connectivity index (χ3v) is 6.43. The van der Waals surface area contributed by atoms with Crippen molar-refractivity contribution in [1.82, 2.24) is 0 Å². The third kappa shape index (κ3) is 7.70. The van der Waals surface area contributed by atoms with Crippen molar-refractivity contribution in [3.05, 3.63) is 94.6 Å². The smallest absolute Gasteiger partial charge is 0.216 e. The fourth-order valence-corrected chi connectivity index (χ4v) is 4.45. The number of anilines is 1. The van der Waals surface area contributed by atoms with Crippen molar-refractivity contribution in [3.8, 4) is 17.1 Å². The molecule has 1 atom stereocenters. The van der Waals surface area contributed by atoms with Gasteiger partial charge in [-0.1, -0.05) is 86.3 Å². The number of aliphatic hydroxyl groups excluding tert-OH is 1. The minimum Gasteiger partial charge on any atom is -0.491 e. The zero-order valence-electron chi connectivity index (χ0n) is 21.6. The number of fused-ring (bicyclic) bond motifs is 1. The van der Waals surface area contributed by atoms with E-state index < -0.39 is 6.10 Å². The lowest BCUT2D eigenvalue weighted by Crippen LogP contribution is -2.15. The Morgan fingerprint density at radius 3 is 2.27 bits per heavy atom. The van der Waals surface area contributed by atoms with Crippen molar-refractivity contribution >= 4 is 16.7 Å². The van der Waals surface area contributed by atoms with Crippen LogP contribution in [0.4, 0.5) is 5.69 Å². The van der Waals surface area contributed by atoms with Crippen LogP contribution in [0.5, 0.6) is 5.75 Å². The summed E-state index contributed by atoms with van der Waals surface area (Å²) in [6.07, 6.45) is 7.60. The van der Waals surface area contributed by atoms with Gasteiger partial charge in [-0.25, -0.2) is 0 Å². The third-order valence-electron chi connectivity index (χ3n) is 6.43. The van der Waals surface area contributed by atoms with Gasteiger partial charge in [0.1, 0.15) is 23.6 Å². The molecule has 2 N–H and O–H groups in total. The fraction of sp³-hybridized carbons (Fsp3) is 0.344. The van der Waals surface area contributed by atoms with Gasteiger partial charge in [0.2, 0.25) is 5.43 Å². The van der Waals surface area contributed by atoms with Crippen LogP contribution in [0, 0.1) is 0 Å². The largest absolute Gasteiger partial charge is 0.491 e. The van der Waals surface area contributed by atoms with Crippen molar-refractivity contribution in [3.63, 3.8) is 0 Å².